The first kappa shape index (κ1) is 20.4. The molecule has 1 unspecified atom stereocenters. The van der Waals surface area contributed by atoms with Crippen molar-refractivity contribution in [1.29, 1.82) is 0 Å². The highest BCUT2D eigenvalue weighted by Gasteiger charge is 2.15. The Morgan fingerprint density at radius 2 is 1.81 bits per heavy atom. The van der Waals surface area contributed by atoms with Crippen molar-refractivity contribution in [2.45, 2.75) is 31.7 Å². The predicted molar refractivity (Wildman–Crippen MR) is 104 cm³/mol. The molecule has 140 valence electrons. The summed E-state index contributed by atoms with van der Waals surface area (Å²) in [6, 6.07) is 10.2. The van der Waals surface area contributed by atoms with Gasteiger partial charge >= 0.3 is 0 Å². The molecular formula is C18H22ClN3O3S. The van der Waals surface area contributed by atoms with Crippen molar-refractivity contribution in [3.8, 4) is 0 Å². The van der Waals surface area contributed by atoms with E-state index in [9.17, 15) is 13.2 Å². The number of halogens is 1. The zero-order valence-corrected chi connectivity index (χ0v) is 16.4. The van der Waals surface area contributed by atoms with Gasteiger partial charge in [0.2, 0.25) is 15.9 Å². The van der Waals surface area contributed by atoms with E-state index >= 15 is 0 Å². The number of carbonyl (C=O) groups excluding carboxylic acids is 1. The van der Waals surface area contributed by atoms with Gasteiger partial charge in [-0.25, -0.2) is 13.6 Å². The Morgan fingerprint density at radius 3 is 2.38 bits per heavy atom. The number of nitrogens with two attached hydrogens (primary N) is 1. The van der Waals surface area contributed by atoms with Crippen LogP contribution in [0.1, 0.15) is 29.7 Å². The third-order valence-corrected chi connectivity index (χ3v) is 5.33. The fraction of sp³-hybridized carbons (Fsp3) is 0.278. The number of hydrogen-bond acceptors (Lipinski definition) is 4. The molecule has 0 aromatic heterocycles. The zero-order chi connectivity index (χ0) is 19.5. The van der Waals surface area contributed by atoms with Crippen LogP contribution in [0.4, 0.5) is 5.69 Å². The average Bonchev–Trinajstić information content (AvgIpc) is 2.56. The van der Waals surface area contributed by atoms with Crippen molar-refractivity contribution in [1.82, 2.24) is 5.32 Å². The van der Waals surface area contributed by atoms with Gasteiger partial charge in [-0.05, 0) is 61.7 Å². The highest BCUT2D eigenvalue weighted by atomic mass is 35.5. The summed E-state index contributed by atoms with van der Waals surface area (Å²) >= 11 is 5.87. The van der Waals surface area contributed by atoms with E-state index in [1.807, 2.05) is 26.0 Å². The standard InChI is InChI=1S/C18H22ClN3O3S/c1-11-8-16(26(20,24)25)9-17(12(11)2)22-18(23)10-21-13(3)14-4-6-15(19)7-5-14/h4-9,13,21H,10H2,1-3H3,(H,22,23)(H2,20,24,25). The molecule has 2 aromatic carbocycles. The van der Waals surface area contributed by atoms with Gasteiger partial charge in [-0.3, -0.25) is 4.79 Å². The maximum atomic E-state index is 12.3. The summed E-state index contributed by atoms with van der Waals surface area (Å²) in [5.41, 5.74) is 2.95. The van der Waals surface area contributed by atoms with E-state index in [-0.39, 0.29) is 23.4 Å². The maximum Gasteiger partial charge on any atom is 0.238 e. The first-order valence-electron chi connectivity index (χ1n) is 8.00. The second-order valence-corrected chi connectivity index (χ2v) is 8.16. The van der Waals surface area contributed by atoms with Gasteiger partial charge in [0.15, 0.2) is 0 Å². The quantitative estimate of drug-likeness (QED) is 0.699. The summed E-state index contributed by atoms with van der Waals surface area (Å²) in [7, 11) is -3.84. The summed E-state index contributed by atoms with van der Waals surface area (Å²) in [4.78, 5) is 12.2. The van der Waals surface area contributed by atoms with Crippen LogP contribution in [0.15, 0.2) is 41.3 Å². The van der Waals surface area contributed by atoms with Crippen LogP contribution in [-0.4, -0.2) is 20.9 Å². The average molecular weight is 396 g/mol. The van der Waals surface area contributed by atoms with Gasteiger partial charge in [0.1, 0.15) is 0 Å². The Morgan fingerprint density at radius 1 is 1.19 bits per heavy atom. The second kappa shape index (κ2) is 8.18. The molecule has 2 aromatic rings. The third-order valence-electron chi connectivity index (χ3n) is 4.18. The lowest BCUT2D eigenvalue weighted by Crippen LogP contribution is -2.30. The van der Waals surface area contributed by atoms with Gasteiger partial charge in [-0.2, -0.15) is 0 Å². The van der Waals surface area contributed by atoms with Crippen LogP contribution in [-0.2, 0) is 14.8 Å². The van der Waals surface area contributed by atoms with Gasteiger partial charge in [0.05, 0.1) is 11.4 Å². The Bertz CT molecular complexity index is 912. The summed E-state index contributed by atoms with van der Waals surface area (Å²) in [6.45, 7) is 5.58. The lowest BCUT2D eigenvalue weighted by Gasteiger charge is -2.16. The fourth-order valence-electron chi connectivity index (χ4n) is 2.43. The predicted octanol–water partition coefficient (Wildman–Crippen LogP) is 2.89. The third kappa shape index (κ3) is 5.28. The minimum absolute atomic E-state index is 0.0293. The molecule has 1 atom stereocenters. The lowest BCUT2D eigenvalue weighted by atomic mass is 10.1. The van der Waals surface area contributed by atoms with Crippen LogP contribution in [0.5, 0.6) is 0 Å². The van der Waals surface area contributed by atoms with Crippen molar-refractivity contribution >= 4 is 33.2 Å². The molecule has 0 heterocycles. The molecule has 8 heteroatoms. The number of rotatable bonds is 6. The van der Waals surface area contributed by atoms with E-state index in [1.54, 1.807) is 19.1 Å². The molecule has 1 amide bonds. The Balaban J connectivity index is 2.06. The number of benzene rings is 2. The number of sulfonamides is 1. The van der Waals surface area contributed by atoms with E-state index in [1.165, 1.54) is 12.1 Å². The number of primary sulfonamides is 1. The molecule has 0 fully saturated rings. The summed E-state index contributed by atoms with van der Waals surface area (Å²) < 4.78 is 23.1. The van der Waals surface area contributed by atoms with Crippen LogP contribution in [0.3, 0.4) is 0 Å². The number of nitrogens with one attached hydrogen (secondary N) is 2. The van der Waals surface area contributed by atoms with Crippen molar-refractivity contribution in [3.05, 3.63) is 58.1 Å². The van der Waals surface area contributed by atoms with E-state index in [4.69, 9.17) is 16.7 Å². The van der Waals surface area contributed by atoms with Crippen LogP contribution < -0.4 is 15.8 Å². The minimum Gasteiger partial charge on any atom is -0.325 e. The molecule has 0 radical (unpaired) electrons. The van der Waals surface area contributed by atoms with E-state index < -0.39 is 10.0 Å². The summed E-state index contributed by atoms with van der Waals surface area (Å²) in [5.74, 6) is -0.278. The van der Waals surface area contributed by atoms with Gasteiger partial charge < -0.3 is 10.6 Å². The van der Waals surface area contributed by atoms with Crippen LogP contribution >= 0.6 is 11.6 Å². The van der Waals surface area contributed by atoms with Gasteiger partial charge in [-0.1, -0.05) is 23.7 Å². The largest absolute Gasteiger partial charge is 0.325 e. The van der Waals surface area contributed by atoms with Crippen molar-refractivity contribution < 1.29 is 13.2 Å². The van der Waals surface area contributed by atoms with E-state index in [0.717, 1.165) is 16.7 Å². The molecule has 2 rings (SSSR count). The lowest BCUT2D eigenvalue weighted by molar-refractivity contribution is -0.115. The van der Waals surface area contributed by atoms with Gasteiger partial charge in [0.25, 0.3) is 0 Å². The molecule has 26 heavy (non-hydrogen) atoms. The monoisotopic (exact) mass is 395 g/mol. The molecule has 0 bridgehead atoms. The molecule has 0 spiro atoms. The normalized spacial score (nSPS) is 12.7. The topological polar surface area (TPSA) is 101 Å². The number of amides is 1. The zero-order valence-electron chi connectivity index (χ0n) is 14.8. The summed E-state index contributed by atoms with van der Waals surface area (Å²) in [5, 5.41) is 11.7. The summed E-state index contributed by atoms with van der Waals surface area (Å²) in [6.07, 6.45) is 0. The number of anilines is 1. The number of aryl methyl sites for hydroxylation is 1. The molecular weight excluding hydrogens is 374 g/mol. The Labute approximate surface area is 158 Å². The van der Waals surface area contributed by atoms with E-state index in [2.05, 4.69) is 10.6 Å². The number of hydrogen-bond donors (Lipinski definition) is 3. The van der Waals surface area contributed by atoms with Crippen LogP contribution in [0.2, 0.25) is 5.02 Å². The first-order chi connectivity index (χ1) is 12.1. The highest BCUT2D eigenvalue weighted by Crippen LogP contribution is 2.23. The minimum atomic E-state index is -3.84. The molecule has 0 saturated heterocycles. The Hall–Kier alpha value is -1.93. The molecule has 0 saturated carbocycles. The fourth-order valence-corrected chi connectivity index (χ4v) is 3.18. The van der Waals surface area contributed by atoms with Crippen molar-refractivity contribution in [3.63, 3.8) is 0 Å². The Kier molecular flexibility index (Phi) is 6.41. The molecule has 4 N–H and O–H groups in total. The van der Waals surface area contributed by atoms with Crippen LogP contribution in [0, 0.1) is 13.8 Å². The first-order valence-corrected chi connectivity index (χ1v) is 9.93. The number of carbonyl (C=O) groups is 1. The van der Waals surface area contributed by atoms with E-state index in [0.29, 0.717) is 10.7 Å². The molecule has 6 nitrogen and oxygen atoms in total. The van der Waals surface area contributed by atoms with Gasteiger partial charge in [-0.15, -0.1) is 0 Å². The van der Waals surface area contributed by atoms with Crippen LogP contribution in [0.25, 0.3) is 0 Å². The van der Waals surface area contributed by atoms with Crippen molar-refractivity contribution in [2.24, 2.45) is 5.14 Å². The second-order valence-electron chi connectivity index (χ2n) is 6.16. The maximum absolute atomic E-state index is 12.3. The SMILES string of the molecule is Cc1cc(S(N)(=O)=O)cc(NC(=O)CNC(C)c2ccc(Cl)cc2)c1C. The van der Waals surface area contributed by atoms with Gasteiger partial charge in [0, 0.05) is 16.8 Å². The molecule has 0 aliphatic heterocycles. The smallest absolute Gasteiger partial charge is 0.238 e. The highest BCUT2D eigenvalue weighted by molar-refractivity contribution is 7.89. The molecule has 0 aliphatic carbocycles. The van der Waals surface area contributed by atoms with Crippen molar-refractivity contribution in [2.75, 3.05) is 11.9 Å². The molecule has 0 aliphatic rings.